The highest BCUT2D eigenvalue weighted by molar-refractivity contribution is 6.30. The summed E-state index contributed by atoms with van der Waals surface area (Å²) in [4.78, 5) is 29.6. The van der Waals surface area contributed by atoms with Gasteiger partial charge in [0.15, 0.2) is 0 Å². The van der Waals surface area contributed by atoms with Crippen molar-refractivity contribution in [3.63, 3.8) is 0 Å². The van der Waals surface area contributed by atoms with Gasteiger partial charge in [-0.25, -0.2) is 4.39 Å². The SMILES string of the molecule is O=C(NCc1ccc(Cl)cc1)[C@H]1CC(=O)N(CCc2c[nH]c3ccc(F)cc23)C1. The van der Waals surface area contributed by atoms with Crippen molar-refractivity contribution in [3.8, 4) is 0 Å². The number of aromatic amines is 1. The number of carbonyl (C=O) groups excluding carboxylic acids is 2. The van der Waals surface area contributed by atoms with Crippen LogP contribution in [0.3, 0.4) is 0 Å². The van der Waals surface area contributed by atoms with Gasteiger partial charge in [-0.15, -0.1) is 0 Å². The first-order valence-electron chi connectivity index (χ1n) is 9.55. The molecule has 2 aromatic carbocycles. The number of fused-ring (bicyclic) bond motifs is 1. The number of H-pyrrole nitrogens is 1. The van der Waals surface area contributed by atoms with Gasteiger partial charge in [-0.1, -0.05) is 23.7 Å². The largest absolute Gasteiger partial charge is 0.361 e. The second-order valence-corrected chi connectivity index (χ2v) is 7.78. The van der Waals surface area contributed by atoms with Crippen LogP contribution in [0.1, 0.15) is 17.5 Å². The summed E-state index contributed by atoms with van der Waals surface area (Å²) in [7, 11) is 0. The van der Waals surface area contributed by atoms with Crippen molar-refractivity contribution in [2.75, 3.05) is 13.1 Å². The number of nitrogens with one attached hydrogen (secondary N) is 2. The fourth-order valence-electron chi connectivity index (χ4n) is 3.71. The van der Waals surface area contributed by atoms with Gasteiger partial charge in [-0.2, -0.15) is 0 Å². The predicted octanol–water partition coefficient (Wildman–Crippen LogP) is 3.67. The highest BCUT2D eigenvalue weighted by atomic mass is 35.5. The molecular formula is C22H21ClFN3O2. The van der Waals surface area contributed by atoms with E-state index in [9.17, 15) is 14.0 Å². The highest BCUT2D eigenvalue weighted by Crippen LogP contribution is 2.22. The van der Waals surface area contributed by atoms with Crippen LogP contribution in [0.15, 0.2) is 48.7 Å². The molecule has 1 saturated heterocycles. The van der Waals surface area contributed by atoms with Gasteiger partial charge in [0.2, 0.25) is 11.8 Å². The number of halogens is 2. The molecule has 2 amide bonds. The van der Waals surface area contributed by atoms with Crippen LogP contribution >= 0.6 is 11.6 Å². The Labute approximate surface area is 172 Å². The number of hydrogen-bond donors (Lipinski definition) is 2. The summed E-state index contributed by atoms with van der Waals surface area (Å²) in [6.07, 6.45) is 2.67. The fraction of sp³-hybridized carbons (Fsp3) is 0.273. The first-order valence-corrected chi connectivity index (χ1v) is 9.93. The maximum Gasteiger partial charge on any atom is 0.225 e. The van der Waals surface area contributed by atoms with Crippen molar-refractivity contribution in [1.82, 2.24) is 15.2 Å². The normalized spacial score (nSPS) is 16.6. The minimum Gasteiger partial charge on any atom is -0.361 e. The molecular weight excluding hydrogens is 393 g/mol. The Balaban J connectivity index is 1.32. The maximum atomic E-state index is 13.5. The van der Waals surface area contributed by atoms with E-state index in [1.54, 1.807) is 23.1 Å². The Hall–Kier alpha value is -2.86. The van der Waals surface area contributed by atoms with Crippen molar-refractivity contribution >= 4 is 34.3 Å². The zero-order chi connectivity index (χ0) is 20.4. The Morgan fingerprint density at radius 1 is 1.24 bits per heavy atom. The third kappa shape index (κ3) is 4.43. The van der Waals surface area contributed by atoms with Crippen molar-refractivity contribution in [3.05, 3.63) is 70.6 Å². The van der Waals surface area contributed by atoms with Crippen LogP contribution in [0.4, 0.5) is 4.39 Å². The Morgan fingerprint density at radius 3 is 2.83 bits per heavy atom. The molecule has 0 unspecified atom stereocenters. The zero-order valence-corrected chi connectivity index (χ0v) is 16.5. The van der Waals surface area contributed by atoms with E-state index in [-0.39, 0.29) is 30.0 Å². The molecule has 1 aliphatic heterocycles. The molecule has 1 atom stereocenters. The van der Waals surface area contributed by atoms with E-state index in [0.29, 0.717) is 31.1 Å². The molecule has 0 saturated carbocycles. The van der Waals surface area contributed by atoms with Crippen LogP contribution in [-0.2, 0) is 22.6 Å². The lowest BCUT2D eigenvalue weighted by Gasteiger charge is -2.16. The third-order valence-electron chi connectivity index (χ3n) is 5.35. The van der Waals surface area contributed by atoms with Crippen LogP contribution in [0.25, 0.3) is 10.9 Å². The Bertz CT molecular complexity index is 1050. The topological polar surface area (TPSA) is 65.2 Å². The molecule has 29 heavy (non-hydrogen) atoms. The fourth-order valence-corrected chi connectivity index (χ4v) is 3.84. The molecule has 0 bridgehead atoms. The van der Waals surface area contributed by atoms with Gasteiger partial charge >= 0.3 is 0 Å². The standard InChI is InChI=1S/C22H21ClFN3O2/c23-17-3-1-14(2-4-17)11-26-22(29)16-9-21(28)27(13-16)8-7-15-12-25-20-6-5-18(24)10-19(15)20/h1-6,10,12,16,25H,7-9,11,13H2,(H,26,29)/t16-/m0/s1. The zero-order valence-electron chi connectivity index (χ0n) is 15.8. The average molecular weight is 414 g/mol. The van der Waals surface area contributed by atoms with Gasteiger partial charge in [0, 0.05) is 48.2 Å². The number of aromatic nitrogens is 1. The molecule has 2 heterocycles. The van der Waals surface area contributed by atoms with E-state index in [2.05, 4.69) is 10.3 Å². The van der Waals surface area contributed by atoms with Gasteiger partial charge in [0.1, 0.15) is 5.82 Å². The Morgan fingerprint density at radius 2 is 2.03 bits per heavy atom. The number of hydrogen-bond acceptors (Lipinski definition) is 2. The quantitative estimate of drug-likeness (QED) is 0.647. The molecule has 2 N–H and O–H groups in total. The van der Waals surface area contributed by atoms with E-state index in [4.69, 9.17) is 11.6 Å². The van der Waals surface area contributed by atoms with Crippen molar-refractivity contribution in [2.24, 2.45) is 5.92 Å². The molecule has 7 heteroatoms. The summed E-state index contributed by atoms with van der Waals surface area (Å²) in [5, 5.41) is 4.37. The number of rotatable bonds is 6. The minimum absolute atomic E-state index is 0.0253. The number of likely N-dealkylation sites (tertiary alicyclic amines) is 1. The van der Waals surface area contributed by atoms with Crippen LogP contribution in [0.5, 0.6) is 0 Å². The lowest BCUT2D eigenvalue weighted by atomic mass is 10.1. The van der Waals surface area contributed by atoms with Crippen LogP contribution in [-0.4, -0.2) is 34.8 Å². The first kappa shape index (κ1) is 19.5. The molecule has 5 nitrogen and oxygen atoms in total. The summed E-state index contributed by atoms with van der Waals surface area (Å²) in [6, 6.07) is 11.9. The first-order chi connectivity index (χ1) is 14.0. The molecule has 4 rings (SSSR count). The lowest BCUT2D eigenvalue weighted by molar-refractivity contribution is -0.129. The number of nitrogens with zero attached hydrogens (tertiary/aromatic N) is 1. The molecule has 0 spiro atoms. The van der Waals surface area contributed by atoms with Crippen LogP contribution in [0.2, 0.25) is 5.02 Å². The van der Waals surface area contributed by atoms with Gasteiger partial charge in [-0.05, 0) is 47.9 Å². The van der Waals surface area contributed by atoms with Crippen molar-refractivity contribution in [1.29, 1.82) is 0 Å². The molecule has 0 radical (unpaired) electrons. The molecule has 0 aliphatic carbocycles. The van der Waals surface area contributed by atoms with Gasteiger partial charge < -0.3 is 15.2 Å². The number of benzene rings is 2. The van der Waals surface area contributed by atoms with E-state index in [1.165, 1.54) is 12.1 Å². The summed E-state index contributed by atoms with van der Waals surface area (Å²) < 4.78 is 13.5. The van der Waals surface area contributed by atoms with Crippen molar-refractivity contribution < 1.29 is 14.0 Å². The van der Waals surface area contributed by atoms with Gasteiger partial charge in [-0.3, -0.25) is 9.59 Å². The van der Waals surface area contributed by atoms with E-state index < -0.39 is 0 Å². The van der Waals surface area contributed by atoms with E-state index >= 15 is 0 Å². The summed E-state index contributed by atoms with van der Waals surface area (Å²) in [6.45, 7) is 1.31. The maximum absolute atomic E-state index is 13.5. The molecule has 3 aromatic rings. The summed E-state index contributed by atoms with van der Waals surface area (Å²) >= 11 is 5.87. The van der Waals surface area contributed by atoms with Crippen molar-refractivity contribution in [2.45, 2.75) is 19.4 Å². The highest BCUT2D eigenvalue weighted by Gasteiger charge is 2.33. The van der Waals surface area contributed by atoms with Crippen LogP contribution in [0, 0.1) is 11.7 Å². The second kappa shape index (κ2) is 8.25. The Kier molecular flexibility index (Phi) is 5.53. The monoisotopic (exact) mass is 413 g/mol. The predicted molar refractivity (Wildman–Crippen MR) is 110 cm³/mol. The van der Waals surface area contributed by atoms with E-state index in [1.807, 2.05) is 18.3 Å². The minimum atomic E-state index is -0.352. The molecule has 1 fully saturated rings. The molecule has 1 aliphatic rings. The van der Waals surface area contributed by atoms with Gasteiger partial charge in [0.25, 0.3) is 0 Å². The second-order valence-electron chi connectivity index (χ2n) is 7.34. The summed E-state index contributed by atoms with van der Waals surface area (Å²) in [5.41, 5.74) is 2.78. The molecule has 150 valence electrons. The summed E-state index contributed by atoms with van der Waals surface area (Å²) in [5.74, 6) is -0.782. The number of amides is 2. The lowest BCUT2D eigenvalue weighted by Crippen LogP contribution is -2.33. The smallest absolute Gasteiger partial charge is 0.225 e. The van der Waals surface area contributed by atoms with E-state index in [0.717, 1.165) is 22.0 Å². The van der Waals surface area contributed by atoms with Crippen LogP contribution < -0.4 is 5.32 Å². The van der Waals surface area contributed by atoms with Gasteiger partial charge in [0.05, 0.1) is 5.92 Å². The average Bonchev–Trinajstić information content (AvgIpc) is 3.28. The number of carbonyl (C=O) groups is 2. The third-order valence-corrected chi connectivity index (χ3v) is 5.60. The molecule has 1 aromatic heterocycles.